The van der Waals surface area contributed by atoms with Crippen LogP contribution >= 0.6 is 24.8 Å². The Morgan fingerprint density at radius 2 is 1.16 bits per heavy atom. The predicted molar refractivity (Wildman–Crippen MR) is 145 cm³/mol. The molecule has 0 spiro atoms. The third-order valence-corrected chi connectivity index (χ3v) is 14.5. The van der Waals surface area contributed by atoms with Gasteiger partial charge in [-0.05, 0) is 0 Å². The molecule has 0 aromatic rings. The first-order valence-electron chi connectivity index (χ1n) is 11.2. The third kappa shape index (κ3) is 10.6. The van der Waals surface area contributed by atoms with Gasteiger partial charge in [0.05, 0.1) is 0 Å². The van der Waals surface area contributed by atoms with Gasteiger partial charge in [0, 0.05) is 0 Å². The molecule has 0 heterocycles. The molecule has 0 saturated carbocycles. The zero-order valence-electron chi connectivity index (χ0n) is 21.0. The monoisotopic (exact) mass is 580 g/mol. The minimum Gasteiger partial charge on any atom is -0.147 e. The Bertz CT molecular complexity index is 697. The second kappa shape index (κ2) is 13.5. The van der Waals surface area contributed by atoms with Crippen molar-refractivity contribution in [1.82, 2.24) is 0 Å². The average Bonchev–Trinajstić information content (AvgIpc) is 3.15. The van der Waals surface area contributed by atoms with Crippen LogP contribution in [-0.2, 0) is 30.1 Å². The summed E-state index contributed by atoms with van der Waals surface area (Å²) in [5, 5.41) is 0. The van der Waals surface area contributed by atoms with Crippen LogP contribution in [0.2, 0.25) is 39.3 Å². The standard InChI is InChI=1S/2C11H19OSi.C2H4.2ClH.Zr/c2*1-10(12-13(2,3)4)9-11-7-5-6-8-11;1-2;;;/h2*5,7,10H,6,9H2,1-4H3;1H,2H3;2*1H;. The van der Waals surface area contributed by atoms with Gasteiger partial charge in [-0.1, -0.05) is 0 Å². The molecular weight excluding hydrogens is 539 g/mol. The Kier molecular flexibility index (Phi) is 13.8. The second-order valence-electron chi connectivity index (χ2n) is 10.4. The van der Waals surface area contributed by atoms with Crippen LogP contribution in [0.15, 0.2) is 42.0 Å². The topological polar surface area (TPSA) is 18.5 Å². The summed E-state index contributed by atoms with van der Waals surface area (Å²) >= 11 is -1.93. The van der Waals surface area contributed by atoms with E-state index in [9.17, 15) is 0 Å². The van der Waals surface area contributed by atoms with E-state index in [1.807, 2.05) is 0 Å². The fourth-order valence-electron chi connectivity index (χ4n) is 4.49. The SMILES string of the molecule is C[CH]=[Zr]([C]1=C(CC(C)O[Si](C)(C)C)C=CC1)[C]1=C(CC(C)O[Si](C)(C)C)C=CC1.Cl.Cl. The quantitative estimate of drug-likeness (QED) is 0.243. The van der Waals surface area contributed by atoms with Gasteiger partial charge in [-0.3, -0.25) is 0 Å². The number of allylic oxidation sites excluding steroid dienone is 6. The van der Waals surface area contributed by atoms with Gasteiger partial charge in [-0.25, -0.2) is 0 Å². The molecule has 0 N–H and O–H groups in total. The molecule has 0 radical (unpaired) electrons. The summed E-state index contributed by atoms with van der Waals surface area (Å²) in [6.07, 6.45) is 14.6. The molecule has 0 aromatic heterocycles. The summed E-state index contributed by atoms with van der Waals surface area (Å²) in [4.78, 5) is 0. The van der Waals surface area contributed by atoms with Crippen molar-refractivity contribution in [2.24, 2.45) is 0 Å². The van der Waals surface area contributed by atoms with Gasteiger partial charge in [0.1, 0.15) is 0 Å². The van der Waals surface area contributed by atoms with Crippen molar-refractivity contribution in [3.8, 4) is 0 Å². The maximum absolute atomic E-state index is 6.35. The van der Waals surface area contributed by atoms with Crippen LogP contribution in [0.5, 0.6) is 0 Å². The molecule has 0 fully saturated rings. The molecule has 0 saturated heterocycles. The Hall–Kier alpha value is 0.647. The van der Waals surface area contributed by atoms with Crippen LogP contribution < -0.4 is 0 Å². The van der Waals surface area contributed by atoms with Gasteiger partial charge in [0.15, 0.2) is 0 Å². The smallest absolute Gasteiger partial charge is 0.147 e. The molecule has 2 aliphatic carbocycles. The third-order valence-electron chi connectivity index (χ3n) is 5.12. The van der Waals surface area contributed by atoms with E-state index < -0.39 is 37.9 Å². The molecule has 0 bridgehead atoms. The minimum atomic E-state index is -1.93. The summed E-state index contributed by atoms with van der Waals surface area (Å²) in [7, 11) is -2.99. The van der Waals surface area contributed by atoms with Gasteiger partial charge in [0.25, 0.3) is 0 Å². The molecule has 7 heteroatoms. The van der Waals surface area contributed by atoms with Gasteiger partial charge in [0.2, 0.25) is 0 Å². The molecule has 0 amide bonds. The average molecular weight is 583 g/mol. The van der Waals surface area contributed by atoms with Crippen LogP contribution in [0.3, 0.4) is 0 Å². The number of rotatable bonds is 10. The van der Waals surface area contributed by atoms with Gasteiger partial charge in [-0.15, -0.1) is 24.8 Å². The first kappa shape index (κ1) is 31.6. The van der Waals surface area contributed by atoms with E-state index in [0.29, 0.717) is 12.2 Å². The first-order valence-corrected chi connectivity index (χ1v) is 21.9. The molecule has 178 valence electrons. The Morgan fingerprint density at radius 1 is 0.806 bits per heavy atom. The van der Waals surface area contributed by atoms with E-state index in [2.05, 4.69) is 88.1 Å². The van der Waals surface area contributed by atoms with Gasteiger partial charge < -0.3 is 0 Å². The summed E-state index contributed by atoms with van der Waals surface area (Å²) in [5.74, 6) is 0. The Morgan fingerprint density at radius 3 is 1.45 bits per heavy atom. The number of hydrogen-bond donors (Lipinski definition) is 0. The fourth-order valence-corrected chi connectivity index (χ4v) is 14.0. The molecule has 0 aromatic carbocycles. The molecule has 2 rings (SSSR count). The van der Waals surface area contributed by atoms with Crippen LogP contribution in [-0.4, -0.2) is 32.6 Å². The van der Waals surface area contributed by atoms with E-state index in [1.54, 1.807) is 17.7 Å². The molecule has 0 aliphatic heterocycles. The van der Waals surface area contributed by atoms with Crippen LogP contribution in [0.4, 0.5) is 0 Å². The van der Waals surface area contributed by atoms with Crippen LogP contribution in [0.1, 0.15) is 46.5 Å². The van der Waals surface area contributed by atoms with Crippen molar-refractivity contribution < 1.29 is 30.1 Å². The van der Waals surface area contributed by atoms with Crippen molar-refractivity contribution in [3.05, 3.63) is 42.0 Å². The largest absolute Gasteiger partial charge is 0.147 e. The van der Waals surface area contributed by atoms with Crippen LogP contribution in [0, 0.1) is 0 Å². The molecule has 2 aliphatic rings. The maximum atomic E-state index is 6.35. The summed E-state index contributed by atoms with van der Waals surface area (Å²) < 4.78 is 18.9. The Labute approximate surface area is 213 Å². The summed E-state index contributed by atoms with van der Waals surface area (Å²) in [5.41, 5.74) is 3.15. The van der Waals surface area contributed by atoms with Crippen molar-refractivity contribution >= 4 is 45.2 Å². The van der Waals surface area contributed by atoms with Crippen molar-refractivity contribution in [2.75, 3.05) is 0 Å². The van der Waals surface area contributed by atoms with E-state index in [0.717, 1.165) is 25.7 Å². The summed E-state index contributed by atoms with van der Waals surface area (Å²) in [6.45, 7) is 20.5. The normalized spacial score (nSPS) is 18.1. The van der Waals surface area contributed by atoms with E-state index in [-0.39, 0.29) is 24.8 Å². The number of halogens is 2. The maximum Gasteiger partial charge on any atom is -0.147 e. The van der Waals surface area contributed by atoms with Gasteiger partial charge >= 0.3 is 190 Å². The van der Waals surface area contributed by atoms with E-state index in [4.69, 9.17) is 8.85 Å². The molecule has 2 nitrogen and oxygen atoms in total. The first-order chi connectivity index (χ1) is 13.4. The van der Waals surface area contributed by atoms with Crippen molar-refractivity contribution in [2.45, 2.75) is 97.9 Å². The van der Waals surface area contributed by atoms with E-state index >= 15 is 0 Å². The minimum absolute atomic E-state index is 0. The predicted octanol–water partition coefficient (Wildman–Crippen LogP) is 7.96. The van der Waals surface area contributed by atoms with Crippen molar-refractivity contribution in [3.63, 3.8) is 0 Å². The van der Waals surface area contributed by atoms with Crippen LogP contribution in [0.25, 0.3) is 0 Å². The van der Waals surface area contributed by atoms with Crippen molar-refractivity contribution in [1.29, 1.82) is 0 Å². The number of hydrogen-bond acceptors (Lipinski definition) is 2. The Balaban J connectivity index is 0.00000450. The van der Waals surface area contributed by atoms with Gasteiger partial charge in [-0.2, -0.15) is 0 Å². The zero-order valence-corrected chi connectivity index (χ0v) is 27.1. The molecule has 31 heavy (non-hydrogen) atoms. The molecular formula is C24H44Cl2O2Si2Zr. The van der Waals surface area contributed by atoms with E-state index in [1.165, 1.54) is 0 Å². The second-order valence-corrected chi connectivity index (χ2v) is 25.8. The zero-order chi connectivity index (χ0) is 21.8. The fraction of sp³-hybridized carbons (Fsp3) is 0.625. The molecule has 2 unspecified atom stereocenters. The summed E-state index contributed by atoms with van der Waals surface area (Å²) in [6, 6.07) is 0. The molecule has 2 atom stereocenters.